The van der Waals surface area contributed by atoms with E-state index in [1.165, 1.54) is 0 Å². The van der Waals surface area contributed by atoms with E-state index < -0.39 is 0 Å². The molecule has 220 valence electrons. The van der Waals surface area contributed by atoms with E-state index in [-0.39, 0.29) is 0 Å². The van der Waals surface area contributed by atoms with Gasteiger partial charge >= 0.3 is 0 Å². The zero-order chi connectivity index (χ0) is 31.8. The molecule has 45 heavy (non-hydrogen) atoms. The molecule has 0 heterocycles. The maximum Gasteiger partial charge on any atom is 0.194 e. The predicted octanol–water partition coefficient (Wildman–Crippen LogP) is 10.1. The second kappa shape index (κ2) is 14.0. The average molecular weight is 586 g/mol. The Morgan fingerprint density at radius 2 is 1.00 bits per heavy atom. The Balaban J connectivity index is 1.39. The van der Waals surface area contributed by atoms with Crippen molar-refractivity contribution in [3.05, 3.63) is 154 Å². The van der Waals surface area contributed by atoms with Gasteiger partial charge in [0.1, 0.15) is 0 Å². The monoisotopic (exact) mass is 585 g/mol. The molecule has 5 nitrogen and oxygen atoms in total. The molecule has 5 aromatic carbocycles. The number of nitrogens with zero attached hydrogens (tertiary/aromatic N) is 5. The summed E-state index contributed by atoms with van der Waals surface area (Å²) in [6.07, 6.45) is 7.76. The van der Waals surface area contributed by atoms with Crippen LogP contribution in [0.3, 0.4) is 0 Å². The van der Waals surface area contributed by atoms with E-state index in [1.807, 2.05) is 82.8 Å². The third-order valence-corrected chi connectivity index (χ3v) is 7.55. The number of hydrogen-bond donors (Lipinski definition) is 0. The van der Waals surface area contributed by atoms with Gasteiger partial charge in [0.2, 0.25) is 0 Å². The predicted molar refractivity (Wildman–Crippen MR) is 191 cm³/mol. The lowest BCUT2D eigenvalue weighted by molar-refractivity contribution is 1.13. The number of rotatable bonds is 9. The van der Waals surface area contributed by atoms with E-state index >= 15 is 0 Å². The number of anilines is 5. The Kier molecular flexibility index (Phi) is 9.43. The Morgan fingerprint density at radius 1 is 0.556 bits per heavy atom. The zero-order valence-electron chi connectivity index (χ0n) is 26.0. The van der Waals surface area contributed by atoms with Crippen molar-refractivity contribution in [2.24, 2.45) is 0 Å². The summed E-state index contributed by atoms with van der Waals surface area (Å²) in [4.78, 5) is 10.1. The molecule has 0 fully saturated rings. The van der Waals surface area contributed by atoms with E-state index in [9.17, 15) is 5.26 Å². The van der Waals surface area contributed by atoms with Crippen LogP contribution in [0.1, 0.15) is 27.8 Å². The highest BCUT2D eigenvalue weighted by atomic mass is 15.1. The molecule has 0 unspecified atom stereocenters. The third-order valence-electron chi connectivity index (χ3n) is 7.55. The molecule has 0 saturated carbocycles. The van der Waals surface area contributed by atoms with Crippen molar-refractivity contribution in [1.29, 1.82) is 5.26 Å². The molecular weight excluding hydrogens is 550 g/mol. The van der Waals surface area contributed by atoms with Crippen molar-refractivity contribution < 1.29 is 0 Å². The summed E-state index contributed by atoms with van der Waals surface area (Å²) < 4.78 is 0. The largest absolute Gasteiger partial charge is 0.378 e. The lowest BCUT2D eigenvalue weighted by Crippen LogP contribution is -2.11. The van der Waals surface area contributed by atoms with Crippen LogP contribution >= 0.6 is 0 Å². The molecule has 0 radical (unpaired) electrons. The van der Waals surface area contributed by atoms with E-state index in [0.29, 0.717) is 16.8 Å². The third kappa shape index (κ3) is 7.31. The normalized spacial score (nSPS) is 10.9. The van der Waals surface area contributed by atoms with Crippen LogP contribution in [0, 0.1) is 17.9 Å². The Morgan fingerprint density at radius 3 is 1.49 bits per heavy atom. The van der Waals surface area contributed by atoms with Crippen molar-refractivity contribution >= 4 is 58.4 Å². The quantitative estimate of drug-likeness (QED) is 0.127. The first-order valence-corrected chi connectivity index (χ1v) is 14.7. The van der Waals surface area contributed by atoms with Gasteiger partial charge in [-0.2, -0.15) is 5.26 Å². The molecule has 0 spiro atoms. The van der Waals surface area contributed by atoms with Gasteiger partial charge in [0.25, 0.3) is 0 Å². The van der Waals surface area contributed by atoms with Gasteiger partial charge < -0.3 is 14.7 Å². The highest BCUT2D eigenvalue weighted by Crippen LogP contribution is 2.35. The van der Waals surface area contributed by atoms with E-state index in [2.05, 4.69) is 98.4 Å². The minimum atomic E-state index is 0.501. The minimum absolute atomic E-state index is 0.501. The van der Waals surface area contributed by atoms with E-state index in [4.69, 9.17) is 6.57 Å². The van der Waals surface area contributed by atoms with Crippen LogP contribution in [0.5, 0.6) is 0 Å². The van der Waals surface area contributed by atoms with Crippen molar-refractivity contribution in [2.45, 2.75) is 0 Å². The molecule has 0 aliphatic heterocycles. The summed E-state index contributed by atoms with van der Waals surface area (Å²) >= 11 is 0. The Hall–Kier alpha value is -6.04. The van der Waals surface area contributed by atoms with Gasteiger partial charge in [-0.3, -0.25) is 0 Å². The first-order chi connectivity index (χ1) is 21.9. The molecule has 0 amide bonds. The van der Waals surface area contributed by atoms with Crippen LogP contribution in [0.4, 0.5) is 34.1 Å². The fraction of sp³-hybridized carbons (Fsp3) is 0.100. The standard InChI is InChI=1S/C40H35N5/c1-42-40-28-32(17-11-30-13-19-35(20-14-30)43(2)3)34(29-41)27-33(40)18-12-31-15-21-38(22-16-31)45(37-9-7-6-8-10-37)39-25-23-36(24-26-39)44(4)5/h6-28H,2-5H3/b17-11-,18-12-. The Bertz CT molecular complexity index is 1890. The number of para-hydroxylation sites is 1. The van der Waals surface area contributed by atoms with Crippen molar-refractivity contribution in [1.82, 2.24) is 0 Å². The van der Waals surface area contributed by atoms with E-state index in [0.717, 1.165) is 45.1 Å². The van der Waals surface area contributed by atoms with Gasteiger partial charge in [0, 0.05) is 56.6 Å². The topological polar surface area (TPSA) is 37.9 Å². The maximum absolute atomic E-state index is 9.90. The summed E-state index contributed by atoms with van der Waals surface area (Å²) in [7, 11) is 8.09. The average Bonchev–Trinajstić information content (AvgIpc) is 3.07. The maximum atomic E-state index is 9.90. The van der Waals surface area contributed by atoms with Gasteiger partial charge in [-0.25, -0.2) is 4.85 Å². The molecule has 0 atom stereocenters. The molecular formula is C40H35N5. The van der Waals surface area contributed by atoms with Gasteiger partial charge in [-0.1, -0.05) is 66.8 Å². The van der Waals surface area contributed by atoms with Crippen molar-refractivity contribution in [3.8, 4) is 6.07 Å². The van der Waals surface area contributed by atoms with Crippen LogP contribution in [-0.4, -0.2) is 28.2 Å². The number of benzene rings is 5. The molecule has 0 aliphatic carbocycles. The molecule has 0 aromatic heterocycles. The Labute approximate surface area is 266 Å². The summed E-state index contributed by atoms with van der Waals surface area (Å²) in [6, 6.07) is 41.2. The second-order valence-electron chi connectivity index (χ2n) is 11.0. The molecule has 0 bridgehead atoms. The van der Waals surface area contributed by atoms with Crippen LogP contribution < -0.4 is 14.7 Å². The number of nitriles is 1. The highest BCUT2D eigenvalue weighted by Gasteiger charge is 2.12. The van der Waals surface area contributed by atoms with Crippen LogP contribution in [0.15, 0.2) is 115 Å². The zero-order valence-corrected chi connectivity index (χ0v) is 26.0. The first kappa shape index (κ1) is 30.4. The van der Waals surface area contributed by atoms with Crippen LogP contribution in [-0.2, 0) is 0 Å². The second-order valence-corrected chi connectivity index (χ2v) is 11.0. The van der Waals surface area contributed by atoms with Gasteiger partial charge in [-0.15, -0.1) is 0 Å². The fourth-order valence-electron chi connectivity index (χ4n) is 5.00. The van der Waals surface area contributed by atoms with Gasteiger partial charge in [0.05, 0.1) is 18.2 Å². The number of hydrogen-bond acceptors (Lipinski definition) is 4. The lowest BCUT2D eigenvalue weighted by Gasteiger charge is -2.26. The molecule has 0 saturated heterocycles. The highest BCUT2D eigenvalue weighted by molar-refractivity contribution is 5.84. The fourth-order valence-corrected chi connectivity index (χ4v) is 5.00. The smallest absolute Gasteiger partial charge is 0.194 e. The van der Waals surface area contributed by atoms with Crippen LogP contribution in [0.25, 0.3) is 29.1 Å². The van der Waals surface area contributed by atoms with Crippen LogP contribution in [0.2, 0.25) is 0 Å². The minimum Gasteiger partial charge on any atom is -0.378 e. The molecule has 5 rings (SSSR count). The van der Waals surface area contributed by atoms with E-state index in [1.54, 1.807) is 12.1 Å². The molecule has 0 aliphatic rings. The van der Waals surface area contributed by atoms with Crippen molar-refractivity contribution in [2.75, 3.05) is 42.9 Å². The summed E-state index contributed by atoms with van der Waals surface area (Å²) in [5, 5.41) is 9.90. The lowest BCUT2D eigenvalue weighted by atomic mass is 10.0. The summed E-state index contributed by atoms with van der Waals surface area (Å²) in [5.74, 6) is 0. The summed E-state index contributed by atoms with van der Waals surface area (Å²) in [5.41, 5.74) is 9.93. The van der Waals surface area contributed by atoms with Crippen molar-refractivity contribution in [3.63, 3.8) is 0 Å². The first-order valence-electron chi connectivity index (χ1n) is 14.7. The van der Waals surface area contributed by atoms with Gasteiger partial charge in [0.15, 0.2) is 5.69 Å². The summed E-state index contributed by atoms with van der Waals surface area (Å²) in [6.45, 7) is 7.80. The molecule has 5 aromatic rings. The molecule has 5 heteroatoms. The van der Waals surface area contributed by atoms with Gasteiger partial charge in [-0.05, 0) is 95.1 Å². The molecule has 0 N–H and O–H groups in total. The SMILES string of the molecule is [C-]#[N+]c1cc(/C=C\c2ccc(N(C)C)cc2)c(C#N)cc1/C=C\c1ccc(N(c2ccccc2)c2ccc(N(C)C)cc2)cc1.